The predicted octanol–water partition coefficient (Wildman–Crippen LogP) is 5.05. The first kappa shape index (κ1) is 13.7. The highest BCUT2D eigenvalue weighted by molar-refractivity contribution is 7.98. The van der Waals surface area contributed by atoms with Gasteiger partial charge in [-0.2, -0.15) is 11.3 Å². The van der Waals surface area contributed by atoms with Crippen LogP contribution in [-0.2, 0) is 5.75 Å². The number of nitrogen functional groups attached to an aromatic ring is 1. The molecule has 3 aromatic rings. The lowest BCUT2D eigenvalue weighted by atomic mass is 10.2. The van der Waals surface area contributed by atoms with E-state index in [1.807, 2.05) is 12.1 Å². The molecule has 2 heterocycles. The molecule has 0 saturated heterocycles. The number of thioether (sulfide) groups is 1. The van der Waals surface area contributed by atoms with E-state index in [0.717, 1.165) is 22.1 Å². The average molecular weight is 318 g/mol. The monoisotopic (exact) mass is 318 g/mol. The van der Waals surface area contributed by atoms with Crippen molar-refractivity contribution in [1.82, 2.24) is 4.98 Å². The molecule has 2 aromatic heterocycles. The number of nitrogens with two attached hydrogens (primary N) is 1. The van der Waals surface area contributed by atoms with E-state index >= 15 is 0 Å². The van der Waals surface area contributed by atoms with Gasteiger partial charge in [0.25, 0.3) is 0 Å². The number of anilines is 1. The fourth-order valence-corrected chi connectivity index (χ4v) is 4.42. The van der Waals surface area contributed by atoms with Gasteiger partial charge in [0.15, 0.2) is 0 Å². The van der Waals surface area contributed by atoms with Crippen LogP contribution in [0, 0.1) is 6.92 Å². The van der Waals surface area contributed by atoms with Crippen LogP contribution in [0.15, 0.2) is 45.3 Å². The third-order valence-corrected chi connectivity index (χ3v) is 5.72. The van der Waals surface area contributed by atoms with E-state index in [1.54, 1.807) is 34.4 Å². The molecule has 0 saturated carbocycles. The summed E-state index contributed by atoms with van der Waals surface area (Å²) in [5, 5.41) is 7.46. The second kappa shape index (κ2) is 5.99. The molecule has 0 unspecified atom stereocenters. The van der Waals surface area contributed by atoms with Gasteiger partial charge in [-0.3, -0.25) is 0 Å². The van der Waals surface area contributed by atoms with Crippen LogP contribution in [0.2, 0.25) is 0 Å². The molecular weight excluding hydrogens is 304 g/mol. The maximum absolute atomic E-state index is 5.84. The summed E-state index contributed by atoms with van der Waals surface area (Å²) in [6, 6.07) is 8.15. The minimum atomic E-state index is 0.815. The van der Waals surface area contributed by atoms with Gasteiger partial charge in [0.1, 0.15) is 5.01 Å². The van der Waals surface area contributed by atoms with Crippen molar-refractivity contribution in [3.8, 4) is 10.6 Å². The maximum atomic E-state index is 5.84. The van der Waals surface area contributed by atoms with E-state index in [2.05, 4.69) is 35.2 Å². The molecule has 0 spiro atoms. The molecule has 3 rings (SSSR count). The summed E-state index contributed by atoms with van der Waals surface area (Å²) in [7, 11) is 0. The Morgan fingerprint density at radius 2 is 2.15 bits per heavy atom. The van der Waals surface area contributed by atoms with Gasteiger partial charge >= 0.3 is 0 Å². The van der Waals surface area contributed by atoms with E-state index in [4.69, 9.17) is 10.7 Å². The molecule has 0 radical (unpaired) electrons. The second-order valence-electron chi connectivity index (χ2n) is 4.47. The van der Waals surface area contributed by atoms with Crippen molar-refractivity contribution in [2.45, 2.75) is 17.6 Å². The Labute approximate surface area is 130 Å². The van der Waals surface area contributed by atoms with Crippen LogP contribution in [0.3, 0.4) is 0 Å². The molecule has 20 heavy (non-hydrogen) atoms. The Balaban J connectivity index is 1.71. The third kappa shape index (κ3) is 3.06. The Morgan fingerprint density at radius 3 is 2.95 bits per heavy atom. The highest BCUT2D eigenvalue weighted by Crippen LogP contribution is 2.31. The van der Waals surface area contributed by atoms with E-state index in [9.17, 15) is 0 Å². The Hall–Kier alpha value is -1.30. The lowest BCUT2D eigenvalue weighted by Gasteiger charge is -2.05. The van der Waals surface area contributed by atoms with Gasteiger partial charge in [-0.25, -0.2) is 4.98 Å². The van der Waals surface area contributed by atoms with Crippen molar-refractivity contribution in [2.75, 3.05) is 5.73 Å². The normalized spacial score (nSPS) is 10.8. The lowest BCUT2D eigenvalue weighted by molar-refractivity contribution is 1.22. The molecule has 0 atom stereocenters. The SMILES string of the molecule is Cc1ccc(N)cc1SCc1csc(-c2ccsc2)n1. The lowest BCUT2D eigenvalue weighted by Crippen LogP contribution is -1.88. The summed E-state index contributed by atoms with van der Waals surface area (Å²) < 4.78 is 0. The van der Waals surface area contributed by atoms with Gasteiger partial charge in [-0.15, -0.1) is 23.1 Å². The average Bonchev–Trinajstić information content (AvgIpc) is 3.09. The fourth-order valence-electron chi connectivity index (χ4n) is 1.82. The van der Waals surface area contributed by atoms with E-state index in [0.29, 0.717) is 0 Å². The van der Waals surface area contributed by atoms with Crippen molar-refractivity contribution < 1.29 is 0 Å². The highest BCUT2D eigenvalue weighted by Gasteiger charge is 2.07. The quantitative estimate of drug-likeness (QED) is 0.540. The second-order valence-corrected chi connectivity index (χ2v) is 7.12. The number of aromatic nitrogens is 1. The Morgan fingerprint density at radius 1 is 1.25 bits per heavy atom. The smallest absolute Gasteiger partial charge is 0.124 e. The molecule has 0 aliphatic rings. The van der Waals surface area contributed by atoms with Crippen LogP contribution in [-0.4, -0.2) is 4.98 Å². The zero-order chi connectivity index (χ0) is 13.9. The molecule has 5 heteroatoms. The molecule has 0 aliphatic carbocycles. The van der Waals surface area contributed by atoms with Crippen LogP contribution in [0.5, 0.6) is 0 Å². The summed E-state index contributed by atoms with van der Waals surface area (Å²) in [6.45, 7) is 2.11. The van der Waals surface area contributed by atoms with E-state index < -0.39 is 0 Å². The van der Waals surface area contributed by atoms with Gasteiger partial charge in [0, 0.05) is 32.7 Å². The van der Waals surface area contributed by atoms with Crippen molar-refractivity contribution >= 4 is 40.1 Å². The van der Waals surface area contributed by atoms with Gasteiger partial charge in [-0.1, -0.05) is 6.07 Å². The first-order valence-corrected chi connectivity index (χ1v) is 8.99. The fraction of sp³-hybridized carbons (Fsp3) is 0.133. The minimum absolute atomic E-state index is 0.815. The van der Waals surface area contributed by atoms with E-state index in [1.165, 1.54) is 16.0 Å². The van der Waals surface area contributed by atoms with Gasteiger partial charge in [-0.05, 0) is 36.1 Å². The standard InChI is InChI=1S/C15H14N2S3/c1-10-2-3-12(16)6-14(10)19-8-13-9-20-15(17-13)11-4-5-18-7-11/h2-7,9H,8,16H2,1H3. The zero-order valence-electron chi connectivity index (χ0n) is 11.0. The number of nitrogens with zero attached hydrogens (tertiary/aromatic N) is 1. The largest absolute Gasteiger partial charge is 0.399 e. The summed E-state index contributed by atoms with van der Waals surface area (Å²) >= 11 is 5.20. The topological polar surface area (TPSA) is 38.9 Å². The summed E-state index contributed by atoms with van der Waals surface area (Å²) in [6.07, 6.45) is 0. The van der Waals surface area contributed by atoms with E-state index in [-0.39, 0.29) is 0 Å². The van der Waals surface area contributed by atoms with Crippen LogP contribution in [0.1, 0.15) is 11.3 Å². The Kier molecular flexibility index (Phi) is 4.10. The minimum Gasteiger partial charge on any atom is -0.399 e. The van der Waals surface area contributed by atoms with Gasteiger partial charge in [0.05, 0.1) is 5.69 Å². The van der Waals surface area contributed by atoms with Crippen molar-refractivity contribution in [1.29, 1.82) is 0 Å². The van der Waals surface area contributed by atoms with Crippen molar-refractivity contribution in [3.05, 3.63) is 51.7 Å². The first-order valence-electron chi connectivity index (χ1n) is 6.18. The number of benzene rings is 1. The number of rotatable bonds is 4. The number of thiophene rings is 1. The first-order chi connectivity index (χ1) is 9.72. The summed E-state index contributed by atoms with van der Waals surface area (Å²) in [4.78, 5) is 5.92. The molecule has 1 aromatic carbocycles. The summed E-state index contributed by atoms with van der Waals surface area (Å²) in [5.74, 6) is 0.880. The predicted molar refractivity (Wildman–Crippen MR) is 90.6 cm³/mol. The molecule has 0 aliphatic heterocycles. The van der Waals surface area contributed by atoms with Gasteiger partial charge < -0.3 is 5.73 Å². The molecular formula is C15H14N2S3. The van der Waals surface area contributed by atoms with Crippen LogP contribution < -0.4 is 5.73 Å². The molecule has 0 amide bonds. The Bertz CT molecular complexity index is 702. The molecule has 0 fully saturated rings. The van der Waals surface area contributed by atoms with Crippen molar-refractivity contribution in [3.63, 3.8) is 0 Å². The molecule has 0 bridgehead atoms. The third-order valence-electron chi connectivity index (χ3n) is 2.91. The van der Waals surface area contributed by atoms with Crippen molar-refractivity contribution in [2.24, 2.45) is 0 Å². The highest BCUT2D eigenvalue weighted by atomic mass is 32.2. The van der Waals surface area contributed by atoms with Crippen LogP contribution >= 0.6 is 34.4 Å². The number of aryl methyl sites for hydroxylation is 1. The van der Waals surface area contributed by atoms with Crippen LogP contribution in [0.4, 0.5) is 5.69 Å². The molecule has 2 nitrogen and oxygen atoms in total. The maximum Gasteiger partial charge on any atom is 0.124 e. The van der Waals surface area contributed by atoms with Gasteiger partial charge in [0.2, 0.25) is 0 Å². The number of hydrogen-bond acceptors (Lipinski definition) is 5. The molecule has 2 N–H and O–H groups in total. The summed E-state index contributed by atoms with van der Waals surface area (Å²) in [5.41, 5.74) is 10.3. The van der Waals surface area contributed by atoms with Crippen LogP contribution in [0.25, 0.3) is 10.6 Å². The number of hydrogen-bond donors (Lipinski definition) is 1. The zero-order valence-corrected chi connectivity index (χ0v) is 13.4. The number of thiazole rings is 1. The molecule has 102 valence electrons.